The van der Waals surface area contributed by atoms with Crippen molar-refractivity contribution in [2.45, 2.75) is 25.4 Å². The molecule has 2 unspecified atom stereocenters. The van der Waals surface area contributed by atoms with Gasteiger partial charge in [-0.1, -0.05) is 37.3 Å². The minimum absolute atomic E-state index is 0.169. The number of amides is 1. The van der Waals surface area contributed by atoms with E-state index < -0.39 is 11.5 Å². The minimum atomic E-state index is -0.602. The molecule has 26 heavy (non-hydrogen) atoms. The number of pyridine rings is 1. The molecule has 2 heterocycles. The van der Waals surface area contributed by atoms with Crippen molar-refractivity contribution in [2.24, 2.45) is 5.92 Å². The lowest BCUT2D eigenvalue weighted by atomic mass is 9.69. The molecule has 1 aliphatic rings. The highest BCUT2D eigenvalue weighted by atomic mass is 19.1. The Kier molecular flexibility index (Phi) is 5.83. The second kappa shape index (κ2) is 8.27. The molecular formula is C20H24FN3O2. The summed E-state index contributed by atoms with van der Waals surface area (Å²) >= 11 is 0. The number of nitrogens with zero attached hydrogens (tertiary/aromatic N) is 1. The Morgan fingerprint density at radius 2 is 2.15 bits per heavy atom. The molecule has 1 aromatic heterocycles. The zero-order valence-electron chi connectivity index (χ0n) is 14.9. The molecule has 1 fully saturated rings. The molecule has 0 radical (unpaired) electrons. The van der Waals surface area contributed by atoms with E-state index in [2.05, 4.69) is 22.5 Å². The van der Waals surface area contributed by atoms with Crippen LogP contribution in [0.25, 0.3) is 0 Å². The summed E-state index contributed by atoms with van der Waals surface area (Å²) in [5, 5.41) is 6.13. The molecule has 3 rings (SSSR count). The topological polar surface area (TPSA) is 63.2 Å². The van der Waals surface area contributed by atoms with Gasteiger partial charge < -0.3 is 15.4 Å². The molecule has 2 aromatic rings. The molecule has 1 aliphatic heterocycles. The van der Waals surface area contributed by atoms with Gasteiger partial charge in [0.25, 0.3) is 0 Å². The highest BCUT2D eigenvalue weighted by Crippen LogP contribution is 2.35. The Morgan fingerprint density at radius 3 is 2.88 bits per heavy atom. The maximum atomic E-state index is 14.5. The Morgan fingerprint density at radius 1 is 1.35 bits per heavy atom. The van der Waals surface area contributed by atoms with Crippen LogP contribution in [0.1, 0.15) is 24.6 Å². The molecular weight excluding hydrogens is 333 g/mol. The standard InChI is InChI=1S/C20H24FN3O2/c1-15-9-11-22-13-20(15,18-17(21)8-5-10-23-18)14-24-19(25)26-12-16-6-3-2-4-7-16/h2-8,10,15,22H,9,11-14H2,1H3,(H,24,25). The van der Waals surface area contributed by atoms with Crippen molar-refractivity contribution in [3.05, 3.63) is 65.7 Å². The lowest BCUT2D eigenvalue weighted by Crippen LogP contribution is -2.56. The number of hydrogen-bond acceptors (Lipinski definition) is 4. The molecule has 6 heteroatoms. The largest absolute Gasteiger partial charge is 0.445 e. The number of alkyl carbamates (subject to hydrolysis) is 1. The molecule has 2 atom stereocenters. The number of hydrogen-bond donors (Lipinski definition) is 2. The highest BCUT2D eigenvalue weighted by Gasteiger charge is 2.43. The normalized spacial score (nSPS) is 22.6. The third-order valence-electron chi connectivity index (χ3n) is 5.13. The maximum absolute atomic E-state index is 14.5. The van der Waals surface area contributed by atoms with E-state index in [1.165, 1.54) is 6.07 Å². The molecule has 0 saturated carbocycles. The van der Waals surface area contributed by atoms with Crippen LogP contribution in [0.3, 0.4) is 0 Å². The van der Waals surface area contributed by atoms with Crippen LogP contribution in [0.15, 0.2) is 48.7 Å². The molecule has 1 aromatic carbocycles. The second-order valence-electron chi connectivity index (χ2n) is 6.77. The first-order valence-corrected chi connectivity index (χ1v) is 8.88. The van der Waals surface area contributed by atoms with E-state index in [1.54, 1.807) is 12.3 Å². The number of aromatic nitrogens is 1. The van der Waals surface area contributed by atoms with Crippen LogP contribution < -0.4 is 10.6 Å². The summed E-state index contributed by atoms with van der Waals surface area (Å²) in [5.41, 5.74) is 0.707. The first-order chi connectivity index (χ1) is 12.6. The lowest BCUT2D eigenvalue weighted by molar-refractivity contribution is 0.129. The fourth-order valence-electron chi connectivity index (χ4n) is 3.47. The first-order valence-electron chi connectivity index (χ1n) is 8.88. The second-order valence-corrected chi connectivity index (χ2v) is 6.77. The zero-order valence-corrected chi connectivity index (χ0v) is 14.9. The molecule has 0 spiro atoms. The Labute approximate surface area is 153 Å². The van der Waals surface area contributed by atoms with Gasteiger partial charge in [-0.25, -0.2) is 9.18 Å². The van der Waals surface area contributed by atoms with Crippen molar-refractivity contribution >= 4 is 6.09 Å². The van der Waals surface area contributed by atoms with Crippen molar-refractivity contribution in [3.8, 4) is 0 Å². The van der Waals surface area contributed by atoms with E-state index in [0.29, 0.717) is 12.2 Å². The maximum Gasteiger partial charge on any atom is 0.407 e. The van der Waals surface area contributed by atoms with Gasteiger partial charge in [-0.05, 0) is 36.6 Å². The van der Waals surface area contributed by atoms with Crippen LogP contribution in [0.2, 0.25) is 0 Å². The van der Waals surface area contributed by atoms with E-state index >= 15 is 0 Å². The average Bonchev–Trinajstić information content (AvgIpc) is 2.67. The van der Waals surface area contributed by atoms with Crippen LogP contribution in [-0.4, -0.2) is 30.7 Å². The van der Waals surface area contributed by atoms with Crippen molar-refractivity contribution in [2.75, 3.05) is 19.6 Å². The van der Waals surface area contributed by atoms with Gasteiger partial charge in [0.1, 0.15) is 12.4 Å². The summed E-state index contributed by atoms with van der Waals surface area (Å²) < 4.78 is 19.7. The number of carbonyl (C=O) groups is 1. The molecule has 2 N–H and O–H groups in total. The van der Waals surface area contributed by atoms with Crippen LogP contribution in [0.4, 0.5) is 9.18 Å². The number of ether oxygens (including phenoxy) is 1. The van der Waals surface area contributed by atoms with E-state index in [-0.39, 0.29) is 24.9 Å². The summed E-state index contributed by atoms with van der Waals surface area (Å²) in [6.07, 6.45) is 1.97. The quantitative estimate of drug-likeness (QED) is 0.863. The number of benzene rings is 1. The first kappa shape index (κ1) is 18.3. The van der Waals surface area contributed by atoms with Crippen LogP contribution in [0, 0.1) is 11.7 Å². The average molecular weight is 357 g/mol. The van der Waals surface area contributed by atoms with Crippen molar-refractivity contribution in [1.29, 1.82) is 0 Å². The number of halogens is 1. The number of rotatable bonds is 5. The van der Waals surface area contributed by atoms with Gasteiger partial charge in [-0.15, -0.1) is 0 Å². The summed E-state index contributed by atoms with van der Waals surface area (Å²) in [5.74, 6) is -0.176. The van der Waals surface area contributed by atoms with Gasteiger partial charge in [0.2, 0.25) is 0 Å². The van der Waals surface area contributed by atoms with Crippen molar-refractivity contribution in [1.82, 2.24) is 15.6 Å². The Hall–Kier alpha value is -2.47. The van der Waals surface area contributed by atoms with Crippen LogP contribution in [0.5, 0.6) is 0 Å². The van der Waals surface area contributed by atoms with Crippen LogP contribution in [-0.2, 0) is 16.8 Å². The molecule has 138 valence electrons. The van der Waals surface area contributed by atoms with Gasteiger partial charge in [-0.3, -0.25) is 4.98 Å². The smallest absolute Gasteiger partial charge is 0.407 e. The molecule has 0 aliphatic carbocycles. The van der Waals surface area contributed by atoms with Crippen molar-refractivity contribution < 1.29 is 13.9 Å². The summed E-state index contributed by atoms with van der Waals surface area (Å²) in [6.45, 7) is 3.97. The number of nitrogens with one attached hydrogen (secondary N) is 2. The van der Waals surface area contributed by atoms with E-state index in [1.807, 2.05) is 30.3 Å². The molecule has 1 saturated heterocycles. The van der Waals surface area contributed by atoms with Gasteiger partial charge in [0.15, 0.2) is 0 Å². The predicted molar refractivity (Wildman–Crippen MR) is 97.2 cm³/mol. The fourth-order valence-corrected chi connectivity index (χ4v) is 3.47. The summed E-state index contributed by atoms with van der Waals surface area (Å²) in [4.78, 5) is 16.4. The predicted octanol–water partition coefficient (Wildman–Crippen LogP) is 3.01. The third kappa shape index (κ3) is 4.02. The zero-order chi connectivity index (χ0) is 18.4. The third-order valence-corrected chi connectivity index (χ3v) is 5.13. The van der Waals surface area contributed by atoms with Gasteiger partial charge in [0.05, 0.1) is 5.69 Å². The van der Waals surface area contributed by atoms with Gasteiger partial charge >= 0.3 is 6.09 Å². The molecule has 0 bridgehead atoms. The van der Waals surface area contributed by atoms with E-state index in [4.69, 9.17) is 4.74 Å². The van der Waals surface area contributed by atoms with Crippen LogP contribution >= 0.6 is 0 Å². The molecule has 5 nitrogen and oxygen atoms in total. The lowest BCUT2D eigenvalue weighted by Gasteiger charge is -2.42. The van der Waals surface area contributed by atoms with E-state index in [0.717, 1.165) is 18.5 Å². The van der Waals surface area contributed by atoms with Gasteiger partial charge in [0, 0.05) is 24.7 Å². The fraction of sp³-hybridized carbons (Fsp3) is 0.400. The Bertz CT molecular complexity index is 741. The minimum Gasteiger partial charge on any atom is -0.445 e. The SMILES string of the molecule is CC1CCNCC1(CNC(=O)OCc1ccccc1)c1ncccc1F. The highest BCUT2D eigenvalue weighted by molar-refractivity contribution is 5.67. The van der Waals surface area contributed by atoms with Gasteiger partial charge in [-0.2, -0.15) is 0 Å². The summed E-state index contributed by atoms with van der Waals surface area (Å²) in [7, 11) is 0. The number of carbonyl (C=O) groups excluding carboxylic acids is 1. The number of piperidine rings is 1. The Balaban J connectivity index is 1.69. The monoisotopic (exact) mass is 357 g/mol. The summed E-state index contributed by atoms with van der Waals surface area (Å²) in [6, 6.07) is 12.5. The van der Waals surface area contributed by atoms with E-state index in [9.17, 15) is 9.18 Å². The van der Waals surface area contributed by atoms with Crippen molar-refractivity contribution in [3.63, 3.8) is 0 Å². The molecule has 1 amide bonds.